The van der Waals surface area contributed by atoms with E-state index in [-0.39, 0.29) is 11.8 Å². The van der Waals surface area contributed by atoms with Crippen LogP contribution in [0.25, 0.3) is 0 Å². The van der Waals surface area contributed by atoms with Crippen molar-refractivity contribution in [2.45, 2.75) is 51.6 Å². The number of amides is 1. The van der Waals surface area contributed by atoms with Crippen molar-refractivity contribution in [1.29, 1.82) is 0 Å². The van der Waals surface area contributed by atoms with Gasteiger partial charge in [0, 0.05) is 19.0 Å². The van der Waals surface area contributed by atoms with Crippen molar-refractivity contribution in [3.63, 3.8) is 0 Å². The summed E-state index contributed by atoms with van der Waals surface area (Å²) < 4.78 is 0. The van der Waals surface area contributed by atoms with Gasteiger partial charge in [0.1, 0.15) is 0 Å². The van der Waals surface area contributed by atoms with Crippen molar-refractivity contribution in [3.05, 3.63) is 71.8 Å². The number of carbonyl (C=O) groups is 1. The Balaban J connectivity index is 1.71. The van der Waals surface area contributed by atoms with E-state index in [1.807, 2.05) is 36.4 Å². The van der Waals surface area contributed by atoms with Gasteiger partial charge in [-0.15, -0.1) is 0 Å². The molecule has 2 heteroatoms. The molecule has 1 fully saturated rings. The van der Waals surface area contributed by atoms with Gasteiger partial charge in [-0.05, 0) is 42.7 Å². The average Bonchev–Trinajstić information content (AvgIpc) is 3.46. The monoisotopic (exact) mass is 321 g/mol. The zero-order chi connectivity index (χ0) is 16.9. The van der Waals surface area contributed by atoms with Crippen LogP contribution >= 0.6 is 0 Å². The Labute approximate surface area is 145 Å². The molecule has 2 unspecified atom stereocenters. The van der Waals surface area contributed by atoms with Gasteiger partial charge in [-0.3, -0.25) is 4.79 Å². The van der Waals surface area contributed by atoms with E-state index in [0.29, 0.717) is 18.4 Å². The highest BCUT2D eigenvalue weighted by Gasteiger charge is 2.34. The lowest BCUT2D eigenvalue weighted by atomic mass is 9.96. The molecule has 2 aromatic rings. The third-order valence-corrected chi connectivity index (χ3v) is 5.16. The highest BCUT2D eigenvalue weighted by atomic mass is 16.2. The van der Waals surface area contributed by atoms with Crippen molar-refractivity contribution in [3.8, 4) is 0 Å². The van der Waals surface area contributed by atoms with E-state index >= 15 is 0 Å². The molecule has 1 saturated carbocycles. The first-order chi connectivity index (χ1) is 11.6. The standard InChI is InChI=1S/C22H27NO/c1-17(20-11-7-4-8-12-20)15-22(24)23(18(2)21-13-14-21)16-19-9-5-3-6-10-19/h3-12,17-18,21H,13-16H2,1-2H3. The molecule has 0 aliphatic heterocycles. The fraction of sp³-hybridized carbons (Fsp3) is 0.409. The molecular formula is C22H27NO. The first kappa shape index (κ1) is 16.8. The van der Waals surface area contributed by atoms with Gasteiger partial charge in [0.05, 0.1) is 0 Å². The first-order valence-corrected chi connectivity index (χ1v) is 9.03. The predicted octanol–water partition coefficient (Wildman–Crippen LogP) is 5.01. The van der Waals surface area contributed by atoms with Crippen molar-refractivity contribution >= 4 is 5.91 Å². The molecule has 3 rings (SSSR count). The van der Waals surface area contributed by atoms with Crippen molar-refractivity contribution in [2.24, 2.45) is 5.92 Å². The smallest absolute Gasteiger partial charge is 0.223 e. The second-order valence-corrected chi connectivity index (χ2v) is 7.10. The van der Waals surface area contributed by atoms with Crippen LogP contribution in [0, 0.1) is 5.92 Å². The summed E-state index contributed by atoms with van der Waals surface area (Å²) in [6.45, 7) is 5.08. The van der Waals surface area contributed by atoms with Gasteiger partial charge in [0.25, 0.3) is 0 Å². The van der Waals surface area contributed by atoms with E-state index in [1.165, 1.54) is 24.0 Å². The Morgan fingerprint density at radius 1 is 1.00 bits per heavy atom. The third-order valence-electron chi connectivity index (χ3n) is 5.16. The minimum atomic E-state index is 0.253. The average molecular weight is 321 g/mol. The zero-order valence-corrected chi connectivity index (χ0v) is 14.7. The van der Waals surface area contributed by atoms with Crippen molar-refractivity contribution < 1.29 is 4.79 Å². The summed E-state index contributed by atoms with van der Waals surface area (Å²) in [7, 11) is 0. The molecule has 0 N–H and O–H groups in total. The van der Waals surface area contributed by atoms with E-state index in [4.69, 9.17) is 0 Å². The Bertz CT molecular complexity index is 648. The fourth-order valence-corrected chi connectivity index (χ4v) is 3.35. The van der Waals surface area contributed by atoms with Gasteiger partial charge in [-0.2, -0.15) is 0 Å². The maximum absolute atomic E-state index is 13.0. The predicted molar refractivity (Wildman–Crippen MR) is 98.7 cm³/mol. The summed E-state index contributed by atoms with van der Waals surface area (Å²) in [5.74, 6) is 1.21. The van der Waals surface area contributed by atoms with Gasteiger partial charge in [0.15, 0.2) is 0 Å². The SMILES string of the molecule is CC(CC(=O)N(Cc1ccccc1)C(C)C1CC1)c1ccccc1. The summed E-state index contributed by atoms with van der Waals surface area (Å²) in [4.78, 5) is 15.1. The van der Waals surface area contributed by atoms with Gasteiger partial charge in [-0.25, -0.2) is 0 Å². The van der Waals surface area contributed by atoms with Gasteiger partial charge in [0.2, 0.25) is 5.91 Å². The molecule has 0 spiro atoms. The maximum atomic E-state index is 13.0. The Morgan fingerprint density at radius 3 is 2.17 bits per heavy atom. The third kappa shape index (κ3) is 4.25. The van der Waals surface area contributed by atoms with E-state index in [1.54, 1.807) is 0 Å². The molecule has 0 saturated heterocycles. The number of hydrogen-bond donors (Lipinski definition) is 0. The summed E-state index contributed by atoms with van der Waals surface area (Å²) in [6.07, 6.45) is 3.09. The van der Waals surface area contributed by atoms with Crippen LogP contribution in [-0.2, 0) is 11.3 Å². The molecule has 0 bridgehead atoms. The van der Waals surface area contributed by atoms with Gasteiger partial charge < -0.3 is 4.90 Å². The molecular weight excluding hydrogens is 294 g/mol. The lowest BCUT2D eigenvalue weighted by Gasteiger charge is -2.31. The highest BCUT2D eigenvalue weighted by Crippen LogP contribution is 2.36. The molecule has 1 aliphatic rings. The Kier molecular flexibility index (Phi) is 5.34. The van der Waals surface area contributed by atoms with E-state index in [2.05, 4.69) is 43.0 Å². The molecule has 2 atom stereocenters. The lowest BCUT2D eigenvalue weighted by molar-refractivity contribution is -0.134. The van der Waals surface area contributed by atoms with E-state index < -0.39 is 0 Å². The van der Waals surface area contributed by atoms with E-state index in [9.17, 15) is 4.79 Å². The van der Waals surface area contributed by atoms with Gasteiger partial charge >= 0.3 is 0 Å². The normalized spacial score (nSPS) is 16.4. The Hall–Kier alpha value is -2.09. The highest BCUT2D eigenvalue weighted by molar-refractivity contribution is 5.77. The summed E-state index contributed by atoms with van der Waals surface area (Å²) in [5, 5.41) is 0. The van der Waals surface area contributed by atoms with Crippen molar-refractivity contribution in [1.82, 2.24) is 4.90 Å². The second-order valence-electron chi connectivity index (χ2n) is 7.10. The molecule has 0 radical (unpaired) electrons. The molecule has 24 heavy (non-hydrogen) atoms. The summed E-state index contributed by atoms with van der Waals surface area (Å²) >= 11 is 0. The Morgan fingerprint density at radius 2 is 1.58 bits per heavy atom. The number of nitrogens with zero attached hydrogens (tertiary/aromatic N) is 1. The number of rotatable bonds is 7. The number of benzene rings is 2. The summed E-state index contributed by atoms with van der Waals surface area (Å²) in [6, 6.07) is 21.0. The van der Waals surface area contributed by atoms with E-state index in [0.717, 1.165) is 6.54 Å². The van der Waals surface area contributed by atoms with Crippen molar-refractivity contribution in [2.75, 3.05) is 0 Å². The molecule has 0 heterocycles. The quantitative estimate of drug-likeness (QED) is 0.702. The molecule has 2 nitrogen and oxygen atoms in total. The van der Waals surface area contributed by atoms with Crippen LogP contribution in [-0.4, -0.2) is 16.8 Å². The fourth-order valence-electron chi connectivity index (χ4n) is 3.35. The van der Waals surface area contributed by atoms with Gasteiger partial charge in [-0.1, -0.05) is 67.6 Å². The number of carbonyl (C=O) groups excluding carboxylic acids is 1. The molecule has 0 aromatic heterocycles. The van der Waals surface area contributed by atoms with Crippen LogP contribution in [0.2, 0.25) is 0 Å². The maximum Gasteiger partial charge on any atom is 0.223 e. The molecule has 1 aliphatic carbocycles. The van der Waals surface area contributed by atoms with Crippen LogP contribution in [0.5, 0.6) is 0 Å². The summed E-state index contributed by atoms with van der Waals surface area (Å²) in [5.41, 5.74) is 2.45. The first-order valence-electron chi connectivity index (χ1n) is 9.03. The molecule has 1 amide bonds. The second kappa shape index (κ2) is 7.65. The van der Waals surface area contributed by atoms with Crippen LogP contribution in [0.3, 0.4) is 0 Å². The zero-order valence-electron chi connectivity index (χ0n) is 14.7. The number of hydrogen-bond acceptors (Lipinski definition) is 1. The van der Waals surface area contributed by atoms with Crippen LogP contribution in [0.4, 0.5) is 0 Å². The minimum Gasteiger partial charge on any atom is -0.335 e. The van der Waals surface area contributed by atoms with Crippen LogP contribution < -0.4 is 0 Å². The topological polar surface area (TPSA) is 20.3 Å². The van der Waals surface area contributed by atoms with Crippen LogP contribution in [0.15, 0.2) is 60.7 Å². The lowest BCUT2D eigenvalue weighted by Crippen LogP contribution is -2.39. The molecule has 2 aromatic carbocycles. The van der Waals surface area contributed by atoms with Crippen LogP contribution in [0.1, 0.15) is 50.2 Å². The largest absolute Gasteiger partial charge is 0.335 e. The molecule has 126 valence electrons. The minimum absolute atomic E-state index is 0.253.